The van der Waals surface area contributed by atoms with Crippen LogP contribution in [0.3, 0.4) is 0 Å². The number of rotatable bonds is 5. The number of nitrogens with zero attached hydrogens (tertiary/aromatic N) is 3. The predicted molar refractivity (Wildman–Crippen MR) is 94.0 cm³/mol. The van der Waals surface area contributed by atoms with Gasteiger partial charge in [0.2, 0.25) is 0 Å². The lowest BCUT2D eigenvalue weighted by Crippen LogP contribution is -2.18. The highest BCUT2D eigenvalue weighted by atomic mass is 16.2. The van der Waals surface area contributed by atoms with Crippen molar-refractivity contribution in [2.75, 3.05) is 0 Å². The lowest BCUT2D eigenvalue weighted by molar-refractivity contribution is 0.0955. The van der Waals surface area contributed by atoms with Crippen LogP contribution in [-0.2, 0) is 6.54 Å². The molecule has 3 aromatic rings. The van der Waals surface area contributed by atoms with Crippen LogP contribution in [0.2, 0.25) is 0 Å². The van der Waals surface area contributed by atoms with Crippen molar-refractivity contribution in [3.63, 3.8) is 0 Å². The van der Waals surface area contributed by atoms with Gasteiger partial charge in [0.15, 0.2) is 0 Å². The summed E-state index contributed by atoms with van der Waals surface area (Å²) in [5.41, 5.74) is 6.26. The van der Waals surface area contributed by atoms with Gasteiger partial charge in [0.1, 0.15) is 0 Å². The normalized spacial score (nSPS) is 10.9. The van der Waals surface area contributed by atoms with Crippen molar-refractivity contribution in [2.45, 2.75) is 13.5 Å². The molecule has 0 saturated carbocycles. The number of hydrogen-bond acceptors (Lipinski definition) is 3. The first kappa shape index (κ1) is 15.7. The highest BCUT2D eigenvalue weighted by Gasteiger charge is 2.05. The van der Waals surface area contributed by atoms with E-state index in [1.165, 1.54) is 5.56 Å². The molecule has 0 unspecified atom stereocenters. The van der Waals surface area contributed by atoms with Crippen molar-refractivity contribution in [3.05, 3.63) is 89.2 Å². The molecule has 24 heavy (non-hydrogen) atoms. The number of nitrogens with one attached hydrogen (secondary N) is 1. The Balaban J connectivity index is 1.63. The van der Waals surface area contributed by atoms with Gasteiger partial charge in [-0.15, -0.1) is 0 Å². The smallest absolute Gasteiger partial charge is 0.268 e. The summed E-state index contributed by atoms with van der Waals surface area (Å²) in [5, 5.41) is 8.18. The van der Waals surface area contributed by atoms with Crippen LogP contribution >= 0.6 is 0 Å². The van der Waals surface area contributed by atoms with Crippen LogP contribution in [0.1, 0.15) is 27.0 Å². The third-order valence-electron chi connectivity index (χ3n) is 3.55. The molecule has 5 nitrogen and oxygen atoms in total. The Morgan fingerprint density at radius 2 is 2.04 bits per heavy atom. The van der Waals surface area contributed by atoms with Crippen molar-refractivity contribution in [1.29, 1.82) is 0 Å². The molecule has 1 amide bonds. The van der Waals surface area contributed by atoms with E-state index in [4.69, 9.17) is 0 Å². The molecule has 0 fully saturated rings. The zero-order valence-corrected chi connectivity index (χ0v) is 13.4. The lowest BCUT2D eigenvalue weighted by Gasteiger charge is -2.05. The summed E-state index contributed by atoms with van der Waals surface area (Å²) < 4.78 is 1.81. The highest BCUT2D eigenvalue weighted by molar-refractivity contribution is 5.95. The molecule has 0 radical (unpaired) electrons. The average Bonchev–Trinajstić information content (AvgIpc) is 3.10. The molecule has 0 bridgehead atoms. The standard InChI is InChI=1S/C19H18N4O/c1-15-6-8-16(9-7-15)13-20-22-19(24)18-5-2-4-17(12-18)14-23-11-3-10-21-23/h2-13H,14H2,1H3,(H,22,24). The van der Waals surface area contributed by atoms with Gasteiger partial charge in [0, 0.05) is 18.0 Å². The maximum absolute atomic E-state index is 12.2. The van der Waals surface area contributed by atoms with Crippen LogP contribution in [0.5, 0.6) is 0 Å². The molecular weight excluding hydrogens is 300 g/mol. The number of benzene rings is 2. The summed E-state index contributed by atoms with van der Waals surface area (Å²) in [6.07, 6.45) is 5.25. The summed E-state index contributed by atoms with van der Waals surface area (Å²) in [6.45, 7) is 2.65. The number of carbonyl (C=O) groups is 1. The van der Waals surface area contributed by atoms with Crippen molar-refractivity contribution in [3.8, 4) is 0 Å². The number of amides is 1. The Kier molecular flexibility index (Phi) is 4.81. The molecule has 1 aromatic heterocycles. The molecule has 5 heteroatoms. The quantitative estimate of drug-likeness (QED) is 0.581. The Labute approximate surface area is 140 Å². The number of carbonyl (C=O) groups excluding carboxylic acids is 1. The second-order valence-corrected chi connectivity index (χ2v) is 5.51. The Bertz CT molecular complexity index is 836. The molecule has 120 valence electrons. The summed E-state index contributed by atoms with van der Waals surface area (Å²) in [5.74, 6) is -0.235. The fourth-order valence-corrected chi connectivity index (χ4v) is 2.27. The van der Waals surface area contributed by atoms with E-state index in [0.29, 0.717) is 12.1 Å². The third kappa shape index (κ3) is 4.16. The SMILES string of the molecule is Cc1ccc(C=NNC(=O)c2cccc(Cn3cccn3)c2)cc1. The fraction of sp³-hybridized carbons (Fsp3) is 0.105. The number of aryl methyl sites for hydroxylation is 1. The van der Waals surface area contributed by atoms with Crippen LogP contribution in [0.25, 0.3) is 0 Å². The molecule has 2 aromatic carbocycles. The second-order valence-electron chi connectivity index (χ2n) is 5.51. The molecular formula is C19H18N4O. The number of aromatic nitrogens is 2. The van der Waals surface area contributed by atoms with E-state index < -0.39 is 0 Å². The maximum atomic E-state index is 12.2. The lowest BCUT2D eigenvalue weighted by atomic mass is 10.1. The van der Waals surface area contributed by atoms with Crippen LogP contribution in [0.4, 0.5) is 0 Å². The Morgan fingerprint density at radius 1 is 1.21 bits per heavy atom. The summed E-state index contributed by atoms with van der Waals surface area (Å²) in [7, 11) is 0. The van der Waals surface area contributed by atoms with Crippen molar-refractivity contribution >= 4 is 12.1 Å². The first-order valence-corrected chi connectivity index (χ1v) is 7.67. The molecule has 0 atom stereocenters. The topological polar surface area (TPSA) is 59.3 Å². The fourth-order valence-electron chi connectivity index (χ4n) is 2.27. The van der Waals surface area contributed by atoms with Crippen LogP contribution < -0.4 is 5.43 Å². The number of hydrogen-bond donors (Lipinski definition) is 1. The van der Waals surface area contributed by atoms with Gasteiger partial charge in [0.05, 0.1) is 12.8 Å². The zero-order chi connectivity index (χ0) is 16.8. The molecule has 0 aliphatic heterocycles. The minimum absolute atomic E-state index is 0.235. The second kappa shape index (κ2) is 7.37. The summed E-state index contributed by atoms with van der Waals surface area (Å²) in [4.78, 5) is 12.2. The zero-order valence-electron chi connectivity index (χ0n) is 13.4. The van der Waals surface area contributed by atoms with E-state index in [2.05, 4.69) is 15.6 Å². The third-order valence-corrected chi connectivity index (χ3v) is 3.55. The first-order chi connectivity index (χ1) is 11.7. The highest BCUT2D eigenvalue weighted by Crippen LogP contribution is 2.07. The first-order valence-electron chi connectivity index (χ1n) is 7.67. The van der Waals surface area contributed by atoms with Gasteiger partial charge >= 0.3 is 0 Å². The molecule has 0 saturated heterocycles. The van der Waals surface area contributed by atoms with Gasteiger partial charge in [-0.3, -0.25) is 9.48 Å². The molecule has 3 rings (SSSR count). The molecule has 0 aliphatic carbocycles. The van der Waals surface area contributed by atoms with Crippen molar-refractivity contribution in [1.82, 2.24) is 15.2 Å². The summed E-state index contributed by atoms with van der Waals surface area (Å²) in [6, 6.07) is 17.2. The van der Waals surface area contributed by atoms with Gasteiger partial charge in [-0.05, 0) is 36.2 Å². The molecule has 0 spiro atoms. The van der Waals surface area contributed by atoms with Crippen molar-refractivity contribution < 1.29 is 4.79 Å². The van der Waals surface area contributed by atoms with Gasteiger partial charge in [-0.2, -0.15) is 10.2 Å². The van der Waals surface area contributed by atoms with Gasteiger partial charge < -0.3 is 0 Å². The minimum atomic E-state index is -0.235. The van der Waals surface area contributed by atoms with Crippen LogP contribution in [0.15, 0.2) is 72.1 Å². The average molecular weight is 318 g/mol. The van der Waals surface area contributed by atoms with Gasteiger partial charge in [-0.1, -0.05) is 42.0 Å². The number of hydrazone groups is 1. The maximum Gasteiger partial charge on any atom is 0.271 e. The Morgan fingerprint density at radius 3 is 2.79 bits per heavy atom. The minimum Gasteiger partial charge on any atom is -0.268 e. The van der Waals surface area contributed by atoms with E-state index in [-0.39, 0.29) is 5.91 Å². The van der Waals surface area contributed by atoms with Crippen LogP contribution in [0, 0.1) is 6.92 Å². The van der Waals surface area contributed by atoms with E-state index >= 15 is 0 Å². The van der Waals surface area contributed by atoms with Gasteiger partial charge in [-0.25, -0.2) is 5.43 Å². The largest absolute Gasteiger partial charge is 0.271 e. The van der Waals surface area contributed by atoms with Crippen molar-refractivity contribution in [2.24, 2.45) is 5.10 Å². The van der Waals surface area contributed by atoms with Crippen LogP contribution in [-0.4, -0.2) is 21.9 Å². The van der Waals surface area contributed by atoms with E-state index in [1.54, 1.807) is 18.5 Å². The molecule has 0 aliphatic rings. The van der Waals surface area contributed by atoms with E-state index in [9.17, 15) is 4.79 Å². The monoisotopic (exact) mass is 318 g/mol. The summed E-state index contributed by atoms with van der Waals surface area (Å²) >= 11 is 0. The van der Waals surface area contributed by atoms with E-state index in [1.807, 2.05) is 66.3 Å². The Hall–Kier alpha value is -3.21. The van der Waals surface area contributed by atoms with E-state index in [0.717, 1.165) is 11.1 Å². The predicted octanol–water partition coefficient (Wildman–Crippen LogP) is 3.00. The van der Waals surface area contributed by atoms with Gasteiger partial charge in [0.25, 0.3) is 5.91 Å². The molecule has 1 N–H and O–H groups in total. The molecule has 1 heterocycles.